The topological polar surface area (TPSA) is 414 Å². The fraction of sp³-hybridized carbons (Fsp3) is 0.583. The summed E-state index contributed by atoms with van der Waals surface area (Å²) in [5, 5.41) is 82.3. The fourth-order valence-electron chi connectivity index (χ4n) is 9.32. The molecule has 0 aliphatic carbocycles. The Balaban J connectivity index is 1.37. The Bertz CT molecular complexity index is 2240. The van der Waals surface area contributed by atoms with Gasteiger partial charge in [-0.1, -0.05) is 30.7 Å². The van der Waals surface area contributed by atoms with Gasteiger partial charge in [-0.3, -0.25) is 33.6 Å². The van der Waals surface area contributed by atoms with E-state index in [-0.39, 0.29) is 69.5 Å². The number of carboxylic acids is 1. The number of carboxylic acid groups (broad SMARTS) is 1. The molecule has 3 fully saturated rings. The molecule has 402 valence electrons. The van der Waals surface area contributed by atoms with Crippen LogP contribution in [0.3, 0.4) is 0 Å². The third-order valence-electron chi connectivity index (χ3n) is 13.2. The third-order valence-corrected chi connectivity index (χ3v) is 13.2. The highest BCUT2D eigenvalue weighted by Gasteiger charge is 2.47. The second-order valence-corrected chi connectivity index (χ2v) is 18.9. The number of aliphatic hydroxyl groups excluding tert-OH is 4. The van der Waals surface area contributed by atoms with Crippen LogP contribution in [0.5, 0.6) is 11.5 Å². The molecule has 25 heteroatoms. The van der Waals surface area contributed by atoms with Crippen molar-refractivity contribution >= 4 is 47.3 Å². The number of benzene rings is 2. The normalized spacial score (nSPS) is 22.7. The molecule has 73 heavy (non-hydrogen) atoms. The lowest BCUT2D eigenvalue weighted by Gasteiger charge is -2.32. The van der Waals surface area contributed by atoms with Gasteiger partial charge in [0.05, 0.1) is 31.0 Å². The molecule has 25 nitrogen and oxygen atoms in total. The number of phenols is 2. The van der Waals surface area contributed by atoms with Crippen molar-refractivity contribution < 1.29 is 74.1 Å². The van der Waals surface area contributed by atoms with Crippen LogP contribution in [0.25, 0.3) is 0 Å². The van der Waals surface area contributed by atoms with Gasteiger partial charge in [0.25, 0.3) is 0 Å². The molecule has 0 bridgehead atoms. The maximum atomic E-state index is 14.7. The van der Waals surface area contributed by atoms with E-state index in [9.17, 15) is 74.1 Å². The van der Waals surface area contributed by atoms with Crippen LogP contribution in [0, 0.1) is 0 Å². The molecule has 17 N–H and O–H groups in total. The predicted molar refractivity (Wildman–Crippen MR) is 258 cm³/mol. The minimum atomic E-state index is -1.72. The summed E-state index contributed by atoms with van der Waals surface area (Å²) in [5.41, 5.74) is 18.0. The number of aliphatic carboxylic acids is 1. The number of β-amino-alcohol motifs (C(OH)–C–C–N with tert-alkyl or cyclic N) is 3. The van der Waals surface area contributed by atoms with Gasteiger partial charge in [0.15, 0.2) is 0 Å². The molecule has 5 rings (SSSR count). The summed E-state index contributed by atoms with van der Waals surface area (Å²) >= 11 is 0. The van der Waals surface area contributed by atoms with Crippen molar-refractivity contribution in [3.8, 4) is 11.5 Å². The molecule has 0 spiro atoms. The summed E-state index contributed by atoms with van der Waals surface area (Å²) in [6.45, 7) is -1.33. The zero-order valence-corrected chi connectivity index (χ0v) is 40.5. The zero-order valence-electron chi connectivity index (χ0n) is 40.5. The van der Waals surface area contributed by atoms with E-state index in [1.165, 1.54) is 48.5 Å². The number of nitrogens with zero attached hydrogens (tertiary/aromatic N) is 3. The number of hydrogen-bond donors (Lipinski definition) is 14. The van der Waals surface area contributed by atoms with Gasteiger partial charge in [-0.25, -0.2) is 4.79 Å². The fourth-order valence-corrected chi connectivity index (χ4v) is 9.32. The molecule has 0 saturated carbocycles. The van der Waals surface area contributed by atoms with Crippen LogP contribution in [0.2, 0.25) is 0 Å². The number of carbonyl (C=O) groups is 8. The zero-order chi connectivity index (χ0) is 53.5. The van der Waals surface area contributed by atoms with Gasteiger partial charge < -0.3 is 88.9 Å². The van der Waals surface area contributed by atoms with E-state index in [0.717, 1.165) is 14.7 Å². The maximum Gasteiger partial charge on any atom is 0.326 e. The molecule has 3 aliphatic rings. The molecule has 3 saturated heterocycles. The third kappa shape index (κ3) is 15.8. The molecule has 3 aliphatic heterocycles. The molecular weight excluding hydrogens is 957 g/mol. The lowest BCUT2D eigenvalue weighted by molar-refractivity contribution is -0.146. The second kappa shape index (κ2) is 27.0. The van der Waals surface area contributed by atoms with E-state index in [2.05, 4.69) is 21.3 Å². The summed E-state index contributed by atoms with van der Waals surface area (Å²) in [6, 6.07) is -0.0332. The molecular formula is C48H70N10O15. The number of nitrogens with one attached hydrogen (secondary N) is 4. The molecule has 2 aromatic rings. The minimum absolute atomic E-state index is 0.0441. The van der Waals surface area contributed by atoms with Crippen LogP contribution >= 0.6 is 0 Å². The highest BCUT2D eigenvalue weighted by molar-refractivity contribution is 5.98. The molecule has 0 unspecified atom stereocenters. The lowest BCUT2D eigenvalue weighted by Crippen LogP contribution is -2.60. The molecule has 2 aromatic carbocycles. The lowest BCUT2D eigenvalue weighted by atomic mass is 10.0. The standard InChI is InChI=1S/C48H70N10O15/c49-15-3-1-5-33(51)45(69)56-22-30(62)19-38(56)44(68)55-37(25-59)41(65)53-35(17-26-7-11-28(60)12-8-26)46(70)58-24-32(64)21-40(58)43(67)54-36(18-27-9-13-29(61)14-10-27)47(71)57-23-31(63)20-39(57)42(66)52-34(48(72)73)6-2-4-16-50/h7-14,30-40,59-64H,1-6,15-25,49-51H2,(H,52,66)(H,53,65)(H,54,67)(H,55,68)(H,72,73)/t30-,31-,32-,33+,34+,35+,36+,37+,38+,39+,40+/m1/s1. The number of amides is 7. The van der Waals surface area contributed by atoms with Crippen LogP contribution in [-0.2, 0) is 51.2 Å². The maximum absolute atomic E-state index is 14.7. The first-order valence-corrected chi connectivity index (χ1v) is 24.5. The van der Waals surface area contributed by atoms with E-state index in [0.29, 0.717) is 49.9 Å². The Morgan fingerprint density at radius 1 is 0.534 bits per heavy atom. The van der Waals surface area contributed by atoms with E-state index >= 15 is 0 Å². The van der Waals surface area contributed by atoms with Crippen molar-refractivity contribution in [3.05, 3.63) is 59.7 Å². The number of aliphatic hydroxyl groups is 4. The molecule has 7 amide bonds. The highest BCUT2D eigenvalue weighted by Crippen LogP contribution is 2.25. The number of aromatic hydroxyl groups is 2. The number of likely N-dealkylation sites (tertiary alicyclic amines) is 3. The summed E-state index contributed by atoms with van der Waals surface area (Å²) in [4.78, 5) is 113. The first kappa shape index (κ1) is 57.4. The van der Waals surface area contributed by atoms with E-state index in [1.807, 2.05) is 0 Å². The Kier molecular flexibility index (Phi) is 21.2. The SMILES string of the molecule is NCCCC[C@H](NC(=O)[C@@H]1C[C@@H](O)CN1C(=O)[C@H](Cc1ccc(O)cc1)NC(=O)[C@@H]1C[C@@H](O)CN1C(=O)[C@H](Cc1ccc(O)cc1)NC(=O)[C@H](CO)NC(=O)[C@@H]1C[C@@H](O)CN1C(=O)[C@@H](N)CCCCN)C(=O)O. The van der Waals surface area contributed by atoms with Crippen molar-refractivity contribution in [2.24, 2.45) is 17.2 Å². The van der Waals surface area contributed by atoms with Gasteiger partial charge in [-0.15, -0.1) is 0 Å². The van der Waals surface area contributed by atoms with E-state index in [4.69, 9.17) is 17.2 Å². The van der Waals surface area contributed by atoms with Crippen LogP contribution in [0.1, 0.15) is 68.9 Å². The minimum Gasteiger partial charge on any atom is -0.508 e. The Morgan fingerprint density at radius 3 is 1.30 bits per heavy atom. The highest BCUT2D eigenvalue weighted by atomic mass is 16.4. The Morgan fingerprint density at radius 2 is 0.904 bits per heavy atom. The number of hydrogen-bond acceptors (Lipinski definition) is 17. The van der Waals surface area contributed by atoms with Gasteiger partial charge in [-0.05, 0) is 80.6 Å². The van der Waals surface area contributed by atoms with Crippen molar-refractivity contribution in [2.75, 3.05) is 39.3 Å². The Hall–Kier alpha value is -6.48. The summed E-state index contributed by atoms with van der Waals surface area (Å²) in [7, 11) is 0. The predicted octanol–water partition coefficient (Wildman–Crippen LogP) is -4.63. The van der Waals surface area contributed by atoms with E-state index in [1.54, 1.807) is 0 Å². The molecule has 0 aromatic heterocycles. The number of rotatable bonds is 25. The Labute approximate surface area is 421 Å². The van der Waals surface area contributed by atoms with Gasteiger partial charge in [-0.2, -0.15) is 0 Å². The van der Waals surface area contributed by atoms with Crippen LogP contribution in [-0.4, -0.2) is 204 Å². The second-order valence-electron chi connectivity index (χ2n) is 18.9. The molecule has 3 heterocycles. The number of phenolic OH excluding ortho intramolecular Hbond substituents is 2. The van der Waals surface area contributed by atoms with Crippen molar-refractivity contribution in [1.29, 1.82) is 0 Å². The first-order chi connectivity index (χ1) is 34.7. The van der Waals surface area contributed by atoms with Crippen LogP contribution in [0.15, 0.2) is 48.5 Å². The van der Waals surface area contributed by atoms with Crippen LogP contribution in [0.4, 0.5) is 0 Å². The largest absolute Gasteiger partial charge is 0.508 e. The molecule has 11 atom stereocenters. The monoisotopic (exact) mass is 1030 g/mol. The van der Waals surface area contributed by atoms with Crippen molar-refractivity contribution in [2.45, 2.75) is 137 Å². The number of carbonyl (C=O) groups excluding carboxylic acids is 7. The van der Waals surface area contributed by atoms with Gasteiger partial charge in [0, 0.05) is 51.7 Å². The summed E-state index contributed by atoms with van der Waals surface area (Å²) in [5.74, 6) is -7.69. The number of unbranched alkanes of at least 4 members (excludes halogenated alkanes) is 2. The average Bonchev–Trinajstić information content (AvgIpc) is 4.08. The van der Waals surface area contributed by atoms with Gasteiger partial charge in [0.2, 0.25) is 41.4 Å². The van der Waals surface area contributed by atoms with Crippen molar-refractivity contribution in [3.63, 3.8) is 0 Å². The molecule has 0 radical (unpaired) electrons. The van der Waals surface area contributed by atoms with Crippen molar-refractivity contribution in [1.82, 2.24) is 36.0 Å². The van der Waals surface area contributed by atoms with Crippen LogP contribution < -0.4 is 38.5 Å². The number of nitrogens with two attached hydrogens (primary N) is 3. The van der Waals surface area contributed by atoms with Gasteiger partial charge >= 0.3 is 5.97 Å². The summed E-state index contributed by atoms with van der Waals surface area (Å²) < 4.78 is 0. The van der Waals surface area contributed by atoms with Gasteiger partial charge in [0.1, 0.15) is 53.8 Å². The average molecular weight is 1030 g/mol. The van der Waals surface area contributed by atoms with E-state index < -0.39 is 127 Å². The smallest absolute Gasteiger partial charge is 0.326 e. The first-order valence-electron chi connectivity index (χ1n) is 24.5. The summed E-state index contributed by atoms with van der Waals surface area (Å²) in [6.07, 6.45) is -2.60. The quantitative estimate of drug-likeness (QED) is 0.0416.